The number of hydrogen-bond acceptors (Lipinski definition) is 5. The van der Waals surface area contributed by atoms with Gasteiger partial charge in [0.05, 0.1) is 29.9 Å². The molecule has 0 radical (unpaired) electrons. The van der Waals surface area contributed by atoms with E-state index >= 15 is 0 Å². The third-order valence-corrected chi connectivity index (χ3v) is 8.42. The lowest BCUT2D eigenvalue weighted by atomic mass is 9.88. The van der Waals surface area contributed by atoms with Gasteiger partial charge in [0.15, 0.2) is 5.82 Å². The lowest BCUT2D eigenvalue weighted by molar-refractivity contribution is -0.0606. The van der Waals surface area contributed by atoms with Crippen molar-refractivity contribution in [1.82, 2.24) is 24.0 Å². The topological polar surface area (TPSA) is 74.4 Å². The van der Waals surface area contributed by atoms with Gasteiger partial charge in [-0.2, -0.15) is 4.98 Å². The molecule has 1 amide bonds. The number of rotatable bonds is 5. The summed E-state index contributed by atoms with van der Waals surface area (Å²) in [6.45, 7) is 3.32. The van der Waals surface area contributed by atoms with Gasteiger partial charge in [0, 0.05) is 56.2 Å². The van der Waals surface area contributed by atoms with Gasteiger partial charge in [0.25, 0.3) is 5.91 Å². The smallest absolute Gasteiger partial charge is 0.253 e. The molecular formula is C29H33N5O3. The summed E-state index contributed by atoms with van der Waals surface area (Å²) in [4.78, 5) is 25.3. The molecule has 3 aromatic heterocycles. The van der Waals surface area contributed by atoms with Crippen LogP contribution >= 0.6 is 0 Å². The summed E-state index contributed by atoms with van der Waals surface area (Å²) in [7, 11) is 3.70. The number of nitrogens with zero attached hydrogens (tertiary/aromatic N) is 5. The molecule has 2 saturated heterocycles. The van der Waals surface area contributed by atoms with E-state index in [0.717, 1.165) is 79.1 Å². The first kappa shape index (κ1) is 22.8. The second-order valence-electron chi connectivity index (χ2n) is 10.9. The zero-order valence-corrected chi connectivity index (χ0v) is 21.5. The molecule has 0 unspecified atom stereocenters. The monoisotopic (exact) mass is 499 g/mol. The van der Waals surface area contributed by atoms with Gasteiger partial charge in [-0.15, -0.1) is 0 Å². The fourth-order valence-corrected chi connectivity index (χ4v) is 6.17. The van der Waals surface area contributed by atoms with Gasteiger partial charge in [-0.1, -0.05) is 0 Å². The average molecular weight is 500 g/mol. The molecule has 0 N–H and O–H groups in total. The summed E-state index contributed by atoms with van der Waals surface area (Å²) in [6.07, 6.45) is 5.98. The van der Waals surface area contributed by atoms with E-state index in [4.69, 9.17) is 19.4 Å². The molecule has 7 rings (SSSR count). The second kappa shape index (κ2) is 8.87. The molecule has 1 aromatic carbocycles. The number of imidazole rings is 1. The minimum absolute atomic E-state index is 0.0947. The summed E-state index contributed by atoms with van der Waals surface area (Å²) < 4.78 is 15.8. The number of carbonyl (C=O) groups is 1. The van der Waals surface area contributed by atoms with Crippen LogP contribution in [0.3, 0.4) is 0 Å². The van der Waals surface area contributed by atoms with Gasteiger partial charge in [-0.3, -0.25) is 4.79 Å². The SMILES string of the molecule is COc1ccc2cc(-c3nc4cc(C(=O)N5CC[C@H]6OCCC[C@H]6C5)ccc4n3C)n(CC3CC3)c2n1. The number of ether oxygens (including phenoxy) is 2. The van der Waals surface area contributed by atoms with Crippen molar-refractivity contribution in [2.24, 2.45) is 18.9 Å². The molecule has 2 atom stereocenters. The third kappa shape index (κ3) is 3.98. The van der Waals surface area contributed by atoms with Gasteiger partial charge in [0.1, 0.15) is 5.65 Å². The van der Waals surface area contributed by atoms with Crippen LogP contribution in [0.4, 0.5) is 0 Å². The molecule has 0 bridgehead atoms. The minimum Gasteiger partial charge on any atom is -0.481 e. The van der Waals surface area contributed by atoms with E-state index in [2.05, 4.69) is 21.3 Å². The fourth-order valence-electron chi connectivity index (χ4n) is 6.17. The van der Waals surface area contributed by atoms with E-state index in [1.807, 2.05) is 36.2 Å². The number of aryl methyl sites for hydroxylation is 1. The number of likely N-dealkylation sites (tertiary alicyclic amines) is 1. The highest BCUT2D eigenvalue weighted by Gasteiger charge is 2.34. The summed E-state index contributed by atoms with van der Waals surface area (Å²) in [6, 6.07) is 12.1. The molecule has 8 nitrogen and oxygen atoms in total. The van der Waals surface area contributed by atoms with Gasteiger partial charge >= 0.3 is 0 Å². The summed E-state index contributed by atoms with van der Waals surface area (Å²) >= 11 is 0. The highest BCUT2D eigenvalue weighted by molar-refractivity contribution is 5.98. The van der Waals surface area contributed by atoms with Crippen LogP contribution in [-0.4, -0.2) is 62.8 Å². The summed E-state index contributed by atoms with van der Waals surface area (Å²) in [5, 5.41) is 1.08. The molecule has 0 spiro atoms. The number of piperidine rings is 1. The molecule has 1 aliphatic carbocycles. The van der Waals surface area contributed by atoms with E-state index in [-0.39, 0.29) is 5.91 Å². The molecule has 4 aromatic rings. The van der Waals surface area contributed by atoms with E-state index in [0.29, 0.717) is 29.4 Å². The molecular weight excluding hydrogens is 466 g/mol. The van der Waals surface area contributed by atoms with Crippen LogP contribution in [-0.2, 0) is 18.3 Å². The normalized spacial score (nSPS) is 21.9. The Balaban J connectivity index is 1.24. The maximum absolute atomic E-state index is 13.5. The number of amides is 1. The van der Waals surface area contributed by atoms with Crippen molar-refractivity contribution in [3.8, 4) is 17.4 Å². The Morgan fingerprint density at radius 1 is 1.11 bits per heavy atom. The molecule has 8 heteroatoms. The molecule has 3 fully saturated rings. The zero-order chi connectivity index (χ0) is 25.1. The second-order valence-corrected chi connectivity index (χ2v) is 10.9. The van der Waals surface area contributed by atoms with Crippen molar-refractivity contribution < 1.29 is 14.3 Å². The van der Waals surface area contributed by atoms with Crippen LogP contribution in [0.5, 0.6) is 5.88 Å². The quantitative estimate of drug-likeness (QED) is 0.400. The number of fused-ring (bicyclic) bond motifs is 3. The number of aromatic nitrogens is 4. The predicted molar refractivity (Wildman–Crippen MR) is 142 cm³/mol. The lowest BCUT2D eigenvalue weighted by Crippen LogP contribution is -2.48. The maximum Gasteiger partial charge on any atom is 0.253 e. The van der Waals surface area contributed by atoms with Gasteiger partial charge < -0.3 is 23.5 Å². The number of pyridine rings is 1. The maximum atomic E-state index is 13.5. The number of carbonyl (C=O) groups excluding carboxylic acids is 1. The van der Waals surface area contributed by atoms with Crippen LogP contribution < -0.4 is 4.74 Å². The third-order valence-electron chi connectivity index (χ3n) is 8.42. The average Bonchev–Trinajstić information content (AvgIpc) is 3.61. The van der Waals surface area contributed by atoms with Crippen LogP contribution in [0.1, 0.15) is 42.5 Å². The van der Waals surface area contributed by atoms with Crippen molar-refractivity contribution in [2.45, 2.75) is 44.8 Å². The Labute approximate surface area is 216 Å². The van der Waals surface area contributed by atoms with E-state index in [1.165, 1.54) is 12.8 Å². The standard InChI is InChI=1S/C29H33N5O3/c1-32-23-9-7-20(29(35)33-12-11-25-21(17-33)4-3-13-37-25)14-22(23)30-28(32)24-15-19-8-10-26(36-2)31-27(19)34(24)16-18-5-6-18/h7-10,14-15,18,21,25H,3-6,11-13,16-17H2,1-2H3/t21-,25+/m0/s1. The van der Waals surface area contributed by atoms with E-state index in [9.17, 15) is 4.79 Å². The molecule has 192 valence electrons. The Kier molecular flexibility index (Phi) is 5.46. The summed E-state index contributed by atoms with van der Waals surface area (Å²) in [5.74, 6) is 2.73. The molecule has 37 heavy (non-hydrogen) atoms. The van der Waals surface area contributed by atoms with Crippen LogP contribution in [0, 0.1) is 11.8 Å². The highest BCUT2D eigenvalue weighted by atomic mass is 16.5. The van der Waals surface area contributed by atoms with Crippen molar-refractivity contribution in [3.05, 3.63) is 42.0 Å². The molecule has 1 saturated carbocycles. The minimum atomic E-state index is 0.0947. The fraction of sp³-hybridized carbons (Fsp3) is 0.483. The van der Waals surface area contributed by atoms with Gasteiger partial charge in [0.2, 0.25) is 5.88 Å². The van der Waals surface area contributed by atoms with E-state index < -0.39 is 0 Å². The van der Waals surface area contributed by atoms with Crippen LogP contribution in [0.15, 0.2) is 36.4 Å². The Bertz CT molecular complexity index is 1500. The highest BCUT2D eigenvalue weighted by Crippen LogP contribution is 2.36. The Hall–Kier alpha value is -3.39. The van der Waals surface area contributed by atoms with Crippen LogP contribution in [0.25, 0.3) is 33.6 Å². The Morgan fingerprint density at radius 2 is 2.00 bits per heavy atom. The largest absolute Gasteiger partial charge is 0.481 e. The first-order chi connectivity index (χ1) is 18.1. The van der Waals surface area contributed by atoms with Crippen molar-refractivity contribution in [3.63, 3.8) is 0 Å². The summed E-state index contributed by atoms with van der Waals surface area (Å²) in [5.41, 5.74) is 4.54. The zero-order valence-electron chi connectivity index (χ0n) is 21.5. The Morgan fingerprint density at radius 3 is 2.84 bits per heavy atom. The first-order valence-electron chi connectivity index (χ1n) is 13.5. The van der Waals surface area contributed by atoms with Crippen molar-refractivity contribution >= 4 is 28.0 Å². The molecule has 2 aliphatic heterocycles. The number of hydrogen-bond donors (Lipinski definition) is 0. The van der Waals surface area contributed by atoms with Crippen molar-refractivity contribution in [2.75, 3.05) is 26.8 Å². The predicted octanol–water partition coefficient (Wildman–Crippen LogP) is 4.65. The number of methoxy groups -OCH3 is 1. The van der Waals surface area contributed by atoms with Gasteiger partial charge in [-0.25, -0.2) is 4.98 Å². The van der Waals surface area contributed by atoms with E-state index in [1.54, 1.807) is 7.11 Å². The molecule has 3 aliphatic rings. The van der Waals surface area contributed by atoms with Crippen molar-refractivity contribution in [1.29, 1.82) is 0 Å². The van der Waals surface area contributed by atoms with Gasteiger partial charge in [-0.05, 0) is 68.4 Å². The molecule has 5 heterocycles. The first-order valence-corrected chi connectivity index (χ1v) is 13.5. The van der Waals surface area contributed by atoms with Crippen LogP contribution in [0.2, 0.25) is 0 Å². The number of benzene rings is 1. The lowest BCUT2D eigenvalue weighted by Gasteiger charge is -2.41.